The number of hydrogen-bond donors (Lipinski definition) is 1. The molecule has 8 heteroatoms. The maximum absolute atomic E-state index is 14.5. The van der Waals surface area contributed by atoms with Crippen molar-refractivity contribution in [3.05, 3.63) is 17.4 Å². The van der Waals surface area contributed by atoms with Gasteiger partial charge in [-0.1, -0.05) is 0 Å². The van der Waals surface area contributed by atoms with Gasteiger partial charge in [-0.3, -0.25) is 0 Å². The van der Waals surface area contributed by atoms with E-state index < -0.39 is 49.8 Å². The number of aliphatic carboxylic acids is 1. The van der Waals surface area contributed by atoms with E-state index in [2.05, 4.69) is 0 Å². The van der Waals surface area contributed by atoms with Gasteiger partial charge in [-0.05, 0) is 0 Å². The van der Waals surface area contributed by atoms with E-state index in [0.717, 1.165) is 6.07 Å². The molecule has 1 aliphatic rings. The Morgan fingerprint density at radius 1 is 1.43 bits per heavy atom. The molecular weight excluding hydrogens is 380 g/mol. The zero-order valence-electron chi connectivity index (χ0n) is 12.9. The first-order valence-electron chi connectivity index (χ1n) is 6.98. The van der Waals surface area contributed by atoms with Gasteiger partial charge in [0.15, 0.2) is 0 Å². The van der Waals surface area contributed by atoms with Crippen molar-refractivity contribution >= 4 is 25.4 Å². The summed E-state index contributed by atoms with van der Waals surface area (Å²) in [7, 11) is 2.72. The number of fused-ring (bicyclic) bond motifs is 1. The summed E-state index contributed by atoms with van der Waals surface area (Å²) in [6.45, 7) is 1.54. The second-order valence-corrected chi connectivity index (χ2v) is 7.58. The predicted octanol–water partition coefficient (Wildman–Crippen LogP) is 2.36. The summed E-state index contributed by atoms with van der Waals surface area (Å²) in [5.74, 6) is -5.99. The van der Waals surface area contributed by atoms with Gasteiger partial charge in [0, 0.05) is 0 Å². The van der Waals surface area contributed by atoms with Gasteiger partial charge in [0.25, 0.3) is 0 Å². The van der Waals surface area contributed by atoms with E-state index in [1.165, 1.54) is 14.2 Å². The van der Waals surface area contributed by atoms with Crippen LogP contribution >= 0.6 is 0 Å². The summed E-state index contributed by atoms with van der Waals surface area (Å²) in [5, 5.41) is 8.97. The number of carboxylic acids is 1. The molecule has 0 saturated heterocycles. The molecule has 0 radical (unpaired) electrons. The third kappa shape index (κ3) is 3.15. The van der Waals surface area contributed by atoms with Crippen molar-refractivity contribution in [3.8, 4) is 11.5 Å². The van der Waals surface area contributed by atoms with Gasteiger partial charge in [-0.15, -0.1) is 0 Å². The van der Waals surface area contributed by atoms with Crippen LogP contribution in [-0.2, 0) is 4.79 Å². The van der Waals surface area contributed by atoms with Crippen LogP contribution in [0, 0.1) is 11.7 Å². The van der Waals surface area contributed by atoms with Gasteiger partial charge in [0.05, 0.1) is 0 Å². The molecule has 0 aliphatic carbocycles. The van der Waals surface area contributed by atoms with Crippen LogP contribution in [0.4, 0.5) is 13.2 Å². The van der Waals surface area contributed by atoms with Crippen LogP contribution in [0.1, 0.15) is 30.1 Å². The number of carbonyl (C=O) groups is 1. The topological polar surface area (TPSA) is 55.8 Å². The molecule has 0 spiro atoms. The molecule has 1 aliphatic heterocycles. The minimum atomic E-state index is -3.27. The molecule has 0 saturated carbocycles. The summed E-state index contributed by atoms with van der Waals surface area (Å²) in [4.78, 5) is 9.72. The maximum atomic E-state index is 14.5. The molecule has 0 aromatic heterocycles. The number of hydrogen-bond acceptors (Lipinski definition) is 3. The minimum absolute atomic E-state index is 0.0760. The second-order valence-electron chi connectivity index (χ2n) is 5.24. The predicted molar refractivity (Wildman–Crippen MR) is 78.6 cm³/mol. The van der Waals surface area contributed by atoms with Crippen molar-refractivity contribution in [2.45, 2.75) is 30.5 Å². The number of benzene rings is 1. The van der Waals surface area contributed by atoms with Gasteiger partial charge in [-0.25, -0.2) is 0 Å². The molecule has 4 nitrogen and oxygen atoms in total. The number of alkyl halides is 2. The molecular formula is C15H17F3O4Se. The molecule has 1 aromatic carbocycles. The quantitative estimate of drug-likeness (QED) is 0.718. The van der Waals surface area contributed by atoms with Crippen molar-refractivity contribution in [2.75, 3.05) is 14.2 Å². The monoisotopic (exact) mass is 398 g/mol. The summed E-state index contributed by atoms with van der Waals surface area (Å²) < 4.78 is 53.7. The first-order valence-corrected chi connectivity index (χ1v) is 8.83. The van der Waals surface area contributed by atoms with Crippen molar-refractivity contribution in [3.63, 3.8) is 0 Å². The Hall–Kier alpha value is -1.40. The molecule has 0 fully saturated rings. The van der Waals surface area contributed by atoms with Gasteiger partial charge in [0.2, 0.25) is 0 Å². The van der Waals surface area contributed by atoms with Crippen LogP contribution in [0.25, 0.3) is 0 Å². The number of carboxylic acid groups (broad SMARTS) is 1. The van der Waals surface area contributed by atoms with E-state index in [1.807, 2.05) is 0 Å². The van der Waals surface area contributed by atoms with Crippen LogP contribution in [-0.4, -0.2) is 46.2 Å². The summed E-state index contributed by atoms with van der Waals surface area (Å²) >= 11 is -0.712. The van der Waals surface area contributed by atoms with E-state index in [4.69, 9.17) is 14.6 Å². The van der Waals surface area contributed by atoms with Crippen LogP contribution in [0.15, 0.2) is 6.07 Å². The Morgan fingerprint density at radius 3 is 2.57 bits per heavy atom. The van der Waals surface area contributed by atoms with Crippen LogP contribution < -0.4 is 13.9 Å². The summed E-state index contributed by atoms with van der Waals surface area (Å²) in [5.41, 5.74) is -0.0760. The Morgan fingerprint density at radius 2 is 2.09 bits per heavy atom. The number of ether oxygens (including phenoxy) is 2. The molecule has 2 atom stereocenters. The molecule has 2 rings (SSSR count). The van der Waals surface area contributed by atoms with Crippen molar-refractivity contribution in [1.82, 2.24) is 0 Å². The SMILES string of the molecule is CCC(CC(F)(F)C1[Se]c2c(OC)c(OC)cc(F)c21)C(=O)O. The van der Waals surface area contributed by atoms with Crippen molar-refractivity contribution < 1.29 is 32.5 Å². The van der Waals surface area contributed by atoms with Crippen molar-refractivity contribution in [1.29, 1.82) is 0 Å². The molecule has 128 valence electrons. The zero-order chi connectivity index (χ0) is 17.4. The standard InChI is InChI=1S/C15H17F3O4Se/c1-4-7(14(19)20)6-15(17,18)13-10-8(16)5-9(21-2)11(22-3)12(10)23-13/h5,7,13H,4,6H2,1-3H3,(H,19,20). The van der Waals surface area contributed by atoms with Crippen molar-refractivity contribution in [2.24, 2.45) is 5.92 Å². The molecule has 0 amide bonds. The second kappa shape index (κ2) is 6.61. The van der Waals surface area contributed by atoms with Gasteiger partial charge in [-0.2, -0.15) is 0 Å². The Bertz CT molecular complexity index is 621. The van der Waals surface area contributed by atoms with E-state index in [9.17, 15) is 18.0 Å². The van der Waals surface area contributed by atoms with E-state index in [1.54, 1.807) is 6.92 Å². The van der Waals surface area contributed by atoms with Crippen LogP contribution in [0.5, 0.6) is 11.5 Å². The molecule has 1 heterocycles. The van der Waals surface area contributed by atoms with E-state index in [0.29, 0.717) is 4.46 Å². The fourth-order valence-corrected chi connectivity index (χ4v) is 5.29. The Labute approximate surface area is 138 Å². The molecule has 1 N–H and O–H groups in total. The van der Waals surface area contributed by atoms with Crippen LogP contribution in [0.3, 0.4) is 0 Å². The third-order valence-corrected chi connectivity index (χ3v) is 6.91. The zero-order valence-corrected chi connectivity index (χ0v) is 14.6. The first-order chi connectivity index (χ1) is 10.8. The molecule has 2 unspecified atom stereocenters. The number of rotatable bonds is 7. The first kappa shape index (κ1) is 17.9. The van der Waals surface area contributed by atoms with E-state index >= 15 is 0 Å². The Kier molecular flexibility index (Phi) is 5.16. The fourth-order valence-electron chi connectivity index (χ4n) is 2.57. The van der Waals surface area contributed by atoms with Gasteiger partial charge < -0.3 is 0 Å². The third-order valence-electron chi connectivity index (χ3n) is 3.86. The van der Waals surface area contributed by atoms with E-state index in [-0.39, 0.29) is 23.5 Å². The van der Waals surface area contributed by atoms with Gasteiger partial charge in [0.1, 0.15) is 0 Å². The summed E-state index contributed by atoms with van der Waals surface area (Å²) in [6, 6.07) is 1.03. The average molecular weight is 397 g/mol. The Balaban J connectivity index is 2.34. The molecule has 0 bridgehead atoms. The number of methoxy groups -OCH3 is 2. The summed E-state index contributed by atoms with van der Waals surface area (Å²) in [6.07, 6.45) is -0.690. The normalized spacial score (nSPS) is 17.9. The molecule has 23 heavy (non-hydrogen) atoms. The molecule has 1 aromatic rings. The van der Waals surface area contributed by atoms with Crippen LogP contribution in [0.2, 0.25) is 0 Å². The van der Waals surface area contributed by atoms with Gasteiger partial charge >= 0.3 is 138 Å². The average Bonchev–Trinajstić information content (AvgIpc) is 2.44. The fraction of sp³-hybridized carbons (Fsp3) is 0.533. The number of halogens is 3.